The van der Waals surface area contributed by atoms with Gasteiger partial charge in [0.15, 0.2) is 5.13 Å². The van der Waals surface area contributed by atoms with E-state index in [2.05, 4.69) is 15.3 Å². The van der Waals surface area contributed by atoms with Gasteiger partial charge in [-0.3, -0.25) is 14.6 Å². The van der Waals surface area contributed by atoms with Crippen LogP contribution in [-0.2, 0) is 22.4 Å². The van der Waals surface area contributed by atoms with Gasteiger partial charge in [-0.05, 0) is 30.9 Å². The number of thiazole rings is 1. The van der Waals surface area contributed by atoms with Crippen molar-refractivity contribution in [3.8, 4) is 0 Å². The smallest absolute Gasteiger partial charge is 0.235 e. The Morgan fingerprint density at radius 3 is 3.14 bits per heavy atom. The summed E-state index contributed by atoms with van der Waals surface area (Å²) in [6.45, 7) is 0. The third kappa shape index (κ3) is 3.14. The molecule has 0 aromatic carbocycles. The largest absolute Gasteiger partial charge is 0.369 e. The third-order valence-electron chi connectivity index (χ3n) is 3.65. The van der Waals surface area contributed by atoms with E-state index < -0.39 is 5.91 Å². The molecule has 7 heteroatoms. The van der Waals surface area contributed by atoms with Gasteiger partial charge in [-0.1, -0.05) is 6.07 Å². The van der Waals surface area contributed by atoms with Gasteiger partial charge in [0.1, 0.15) is 0 Å². The van der Waals surface area contributed by atoms with E-state index in [1.165, 1.54) is 11.3 Å². The van der Waals surface area contributed by atoms with Crippen molar-refractivity contribution in [1.82, 2.24) is 9.97 Å². The minimum atomic E-state index is -0.436. The number of rotatable bonds is 4. The first-order valence-corrected chi connectivity index (χ1v) is 7.99. The second kappa shape index (κ2) is 6.23. The Balaban J connectivity index is 1.73. The molecule has 2 heterocycles. The third-order valence-corrected chi connectivity index (χ3v) is 4.46. The van der Waals surface area contributed by atoms with Gasteiger partial charge < -0.3 is 11.1 Å². The number of hydrogen-bond donors (Lipinski definition) is 2. The predicted molar refractivity (Wildman–Crippen MR) is 83.6 cm³/mol. The average molecular weight is 316 g/mol. The number of amides is 2. The Labute approximate surface area is 131 Å². The predicted octanol–water partition coefficient (Wildman–Crippen LogP) is 1.62. The van der Waals surface area contributed by atoms with Gasteiger partial charge in [0.2, 0.25) is 11.8 Å². The van der Waals surface area contributed by atoms with Crippen LogP contribution in [-0.4, -0.2) is 21.8 Å². The topological polar surface area (TPSA) is 98.0 Å². The zero-order valence-corrected chi connectivity index (χ0v) is 12.7. The lowest BCUT2D eigenvalue weighted by atomic mass is 9.86. The van der Waals surface area contributed by atoms with E-state index in [-0.39, 0.29) is 18.2 Å². The molecule has 0 radical (unpaired) electrons. The highest BCUT2D eigenvalue weighted by Gasteiger charge is 2.28. The quantitative estimate of drug-likeness (QED) is 0.895. The van der Waals surface area contributed by atoms with Crippen LogP contribution in [0.3, 0.4) is 0 Å². The van der Waals surface area contributed by atoms with Gasteiger partial charge in [0.25, 0.3) is 0 Å². The number of aryl methyl sites for hydroxylation is 1. The molecular formula is C15H16N4O2S. The zero-order valence-electron chi connectivity index (χ0n) is 11.9. The lowest BCUT2D eigenvalue weighted by molar-refractivity contribution is -0.118. The molecule has 2 amide bonds. The van der Waals surface area contributed by atoms with Crippen molar-refractivity contribution in [2.45, 2.75) is 31.6 Å². The van der Waals surface area contributed by atoms with Crippen LogP contribution < -0.4 is 11.1 Å². The number of fused-ring (bicyclic) bond motifs is 1. The minimum absolute atomic E-state index is 0.0835. The molecule has 2 aromatic rings. The van der Waals surface area contributed by atoms with Crippen molar-refractivity contribution in [2.75, 3.05) is 5.32 Å². The van der Waals surface area contributed by atoms with Gasteiger partial charge in [0.05, 0.1) is 23.7 Å². The highest BCUT2D eigenvalue weighted by Crippen LogP contribution is 2.31. The number of primary amides is 1. The Kier molecular flexibility index (Phi) is 4.15. The summed E-state index contributed by atoms with van der Waals surface area (Å²) < 4.78 is 0. The average Bonchev–Trinajstić information content (AvgIpc) is 2.92. The molecule has 2 aromatic heterocycles. The monoisotopic (exact) mass is 316 g/mol. The van der Waals surface area contributed by atoms with Crippen molar-refractivity contribution in [3.63, 3.8) is 0 Å². The highest BCUT2D eigenvalue weighted by molar-refractivity contribution is 7.13. The van der Waals surface area contributed by atoms with Crippen LogP contribution in [0.5, 0.6) is 0 Å². The number of nitrogens with zero attached hydrogens (tertiary/aromatic N) is 2. The van der Waals surface area contributed by atoms with Crippen LogP contribution in [0.1, 0.15) is 35.7 Å². The van der Waals surface area contributed by atoms with Crippen LogP contribution in [0.2, 0.25) is 0 Å². The fourth-order valence-corrected chi connectivity index (χ4v) is 3.39. The van der Waals surface area contributed by atoms with Crippen molar-refractivity contribution < 1.29 is 9.59 Å². The number of nitrogens with one attached hydrogen (secondary N) is 1. The number of hydrogen-bond acceptors (Lipinski definition) is 5. The normalized spacial score (nSPS) is 16.8. The molecular weight excluding hydrogens is 300 g/mol. The first-order chi connectivity index (χ1) is 10.6. The fraction of sp³-hybridized carbons (Fsp3) is 0.333. The first-order valence-electron chi connectivity index (χ1n) is 7.11. The van der Waals surface area contributed by atoms with Gasteiger partial charge in [-0.2, -0.15) is 0 Å². The summed E-state index contributed by atoms with van der Waals surface area (Å²) >= 11 is 1.29. The fourth-order valence-electron chi connectivity index (χ4n) is 2.68. The Bertz CT molecular complexity index is 713. The number of carbonyl (C=O) groups is 2. The summed E-state index contributed by atoms with van der Waals surface area (Å²) in [5, 5.41) is 5.04. The molecule has 0 aliphatic heterocycles. The molecule has 0 saturated carbocycles. The van der Waals surface area contributed by atoms with Crippen LogP contribution in [0, 0.1) is 0 Å². The second-order valence-electron chi connectivity index (χ2n) is 5.27. The van der Waals surface area contributed by atoms with Crippen molar-refractivity contribution in [1.29, 1.82) is 0 Å². The second-order valence-corrected chi connectivity index (χ2v) is 6.13. The van der Waals surface area contributed by atoms with Crippen LogP contribution in [0.25, 0.3) is 0 Å². The molecule has 1 aliphatic rings. The van der Waals surface area contributed by atoms with E-state index in [1.54, 1.807) is 11.6 Å². The lowest BCUT2D eigenvalue weighted by Gasteiger charge is -2.22. The van der Waals surface area contributed by atoms with Gasteiger partial charge in [-0.25, -0.2) is 4.98 Å². The van der Waals surface area contributed by atoms with E-state index in [1.807, 2.05) is 12.1 Å². The van der Waals surface area contributed by atoms with E-state index in [0.717, 1.165) is 30.5 Å². The Morgan fingerprint density at radius 1 is 1.45 bits per heavy atom. The number of anilines is 1. The summed E-state index contributed by atoms with van der Waals surface area (Å²) in [5.74, 6) is -0.776. The van der Waals surface area contributed by atoms with Crippen LogP contribution >= 0.6 is 11.3 Å². The van der Waals surface area contributed by atoms with E-state index in [4.69, 9.17) is 5.73 Å². The molecule has 0 bridgehead atoms. The molecule has 1 aliphatic carbocycles. The first kappa shape index (κ1) is 14.6. The molecule has 0 unspecified atom stereocenters. The van der Waals surface area contributed by atoms with E-state index in [0.29, 0.717) is 10.8 Å². The molecule has 1 atom stereocenters. The maximum Gasteiger partial charge on any atom is 0.235 e. The van der Waals surface area contributed by atoms with Gasteiger partial charge in [-0.15, -0.1) is 11.3 Å². The Morgan fingerprint density at radius 2 is 2.32 bits per heavy atom. The van der Waals surface area contributed by atoms with Crippen LogP contribution in [0.4, 0.5) is 5.13 Å². The highest BCUT2D eigenvalue weighted by atomic mass is 32.1. The van der Waals surface area contributed by atoms with Crippen molar-refractivity contribution >= 4 is 28.3 Å². The maximum absolute atomic E-state index is 12.5. The van der Waals surface area contributed by atoms with Crippen molar-refractivity contribution in [2.24, 2.45) is 5.73 Å². The van der Waals surface area contributed by atoms with E-state index in [9.17, 15) is 9.59 Å². The van der Waals surface area contributed by atoms with Gasteiger partial charge in [0, 0.05) is 11.6 Å². The lowest BCUT2D eigenvalue weighted by Crippen LogP contribution is -2.25. The summed E-state index contributed by atoms with van der Waals surface area (Å²) in [5.41, 5.74) is 7.72. The maximum atomic E-state index is 12.5. The minimum Gasteiger partial charge on any atom is -0.369 e. The number of pyridine rings is 1. The summed E-state index contributed by atoms with van der Waals surface area (Å²) in [6.07, 6.45) is 4.53. The summed E-state index contributed by atoms with van der Waals surface area (Å²) in [4.78, 5) is 31.9. The Hall–Kier alpha value is -2.28. The molecule has 3 N–H and O–H groups in total. The summed E-state index contributed by atoms with van der Waals surface area (Å²) in [7, 11) is 0. The van der Waals surface area contributed by atoms with Crippen LogP contribution in [0.15, 0.2) is 23.7 Å². The summed E-state index contributed by atoms with van der Waals surface area (Å²) in [6, 6.07) is 3.92. The number of carbonyl (C=O) groups excluding carboxylic acids is 2. The zero-order chi connectivity index (χ0) is 15.5. The molecule has 114 valence electrons. The van der Waals surface area contributed by atoms with E-state index >= 15 is 0 Å². The molecule has 0 fully saturated rings. The SMILES string of the molecule is NC(=O)Cc1csc(NC(=O)[C@@H]2CCCc3cccnc32)n1. The standard InChI is InChI=1S/C15H16N4O2S/c16-12(20)7-10-8-22-15(18-10)19-14(21)11-5-1-3-9-4-2-6-17-13(9)11/h2,4,6,8,11H,1,3,5,7H2,(H2,16,20)(H,18,19,21)/t11-/m1/s1. The molecule has 3 rings (SSSR count). The molecule has 0 saturated heterocycles. The molecule has 22 heavy (non-hydrogen) atoms. The number of nitrogens with two attached hydrogens (primary N) is 1. The molecule has 0 spiro atoms. The van der Waals surface area contributed by atoms with Gasteiger partial charge >= 0.3 is 0 Å². The number of aromatic nitrogens is 2. The van der Waals surface area contributed by atoms with Crippen molar-refractivity contribution in [3.05, 3.63) is 40.7 Å². The molecule has 6 nitrogen and oxygen atoms in total.